The van der Waals surface area contributed by atoms with Gasteiger partial charge in [-0.3, -0.25) is 4.79 Å². The molecule has 1 aliphatic rings. The second kappa shape index (κ2) is 6.21. The van der Waals surface area contributed by atoms with Gasteiger partial charge in [0.05, 0.1) is 5.52 Å². The summed E-state index contributed by atoms with van der Waals surface area (Å²) >= 11 is 0. The first-order valence-electron chi connectivity index (χ1n) is 8.73. The number of nitrogens with zero attached hydrogens (tertiary/aromatic N) is 1. The van der Waals surface area contributed by atoms with Crippen LogP contribution in [0.3, 0.4) is 0 Å². The molecule has 0 bridgehead atoms. The highest BCUT2D eigenvalue weighted by Crippen LogP contribution is 2.45. The molecule has 0 saturated carbocycles. The zero-order chi connectivity index (χ0) is 18.4. The van der Waals surface area contributed by atoms with E-state index in [1.807, 2.05) is 45.0 Å². The van der Waals surface area contributed by atoms with Gasteiger partial charge in [-0.2, -0.15) is 0 Å². The predicted octanol–water partition coefficient (Wildman–Crippen LogP) is 4.93. The number of carbonyl (C=O) groups excluding carboxylic acids is 2. The van der Waals surface area contributed by atoms with Gasteiger partial charge in [0.15, 0.2) is 0 Å². The lowest BCUT2D eigenvalue weighted by Crippen LogP contribution is -2.29. The van der Waals surface area contributed by atoms with Crippen molar-refractivity contribution in [1.82, 2.24) is 4.57 Å². The van der Waals surface area contributed by atoms with E-state index in [1.54, 1.807) is 4.57 Å². The molecule has 3 rings (SSSR count). The van der Waals surface area contributed by atoms with E-state index < -0.39 is 5.60 Å². The number of aromatic nitrogens is 1. The molecule has 1 aliphatic carbocycles. The van der Waals surface area contributed by atoms with Crippen molar-refractivity contribution >= 4 is 23.0 Å². The van der Waals surface area contributed by atoms with Gasteiger partial charge in [-0.15, -0.1) is 0 Å². The molecule has 134 valence electrons. The van der Waals surface area contributed by atoms with Crippen LogP contribution < -0.4 is 0 Å². The SMILES string of the molecule is CC(=O)O[C@@H]1CC[C@@H](C)c2c1c1ccccc1n2C(=O)OC(C)(C)C. The van der Waals surface area contributed by atoms with Crippen LogP contribution in [0.4, 0.5) is 4.79 Å². The maximum Gasteiger partial charge on any atom is 0.419 e. The van der Waals surface area contributed by atoms with Crippen LogP contribution in [-0.4, -0.2) is 22.2 Å². The van der Waals surface area contributed by atoms with Gasteiger partial charge in [0.1, 0.15) is 11.7 Å². The van der Waals surface area contributed by atoms with Crippen LogP contribution in [0.2, 0.25) is 0 Å². The zero-order valence-electron chi connectivity index (χ0n) is 15.5. The summed E-state index contributed by atoms with van der Waals surface area (Å²) < 4.78 is 12.9. The molecule has 2 aromatic rings. The highest BCUT2D eigenvalue weighted by Gasteiger charge is 2.35. The standard InChI is InChI=1S/C20H25NO4/c1-12-10-11-16(24-13(2)22)17-14-8-6-7-9-15(14)21(18(12)17)19(23)25-20(3,4)5/h6-9,12,16H,10-11H2,1-5H3/t12-,16-/m1/s1. The number of ether oxygens (including phenoxy) is 2. The summed E-state index contributed by atoms with van der Waals surface area (Å²) in [6, 6.07) is 7.73. The van der Waals surface area contributed by atoms with E-state index in [9.17, 15) is 9.59 Å². The van der Waals surface area contributed by atoms with Crippen molar-refractivity contribution in [3.8, 4) is 0 Å². The molecule has 0 unspecified atom stereocenters. The number of hydrogen-bond donors (Lipinski definition) is 0. The second-order valence-corrected chi connectivity index (χ2v) is 7.71. The topological polar surface area (TPSA) is 57.5 Å². The molecule has 1 aromatic heterocycles. The van der Waals surface area contributed by atoms with Crippen molar-refractivity contribution in [1.29, 1.82) is 0 Å². The van der Waals surface area contributed by atoms with E-state index in [0.29, 0.717) is 0 Å². The van der Waals surface area contributed by atoms with Gasteiger partial charge in [-0.1, -0.05) is 25.1 Å². The first-order valence-corrected chi connectivity index (χ1v) is 8.73. The second-order valence-electron chi connectivity index (χ2n) is 7.71. The van der Waals surface area contributed by atoms with Gasteiger partial charge in [0.2, 0.25) is 0 Å². The molecule has 0 spiro atoms. The fourth-order valence-corrected chi connectivity index (χ4v) is 3.61. The first-order chi connectivity index (χ1) is 11.7. The smallest absolute Gasteiger partial charge is 0.419 e. The number of carbonyl (C=O) groups is 2. The third-order valence-electron chi connectivity index (χ3n) is 4.49. The van der Waals surface area contributed by atoms with Crippen LogP contribution in [0.1, 0.15) is 70.7 Å². The molecule has 25 heavy (non-hydrogen) atoms. The Bertz CT molecular complexity index is 828. The summed E-state index contributed by atoms with van der Waals surface area (Å²) in [7, 11) is 0. The molecule has 0 N–H and O–H groups in total. The minimum atomic E-state index is -0.581. The number of benzene rings is 1. The minimum absolute atomic E-state index is 0.182. The lowest BCUT2D eigenvalue weighted by Gasteiger charge is -2.29. The van der Waals surface area contributed by atoms with Gasteiger partial charge in [-0.25, -0.2) is 9.36 Å². The molecule has 0 radical (unpaired) electrons. The van der Waals surface area contributed by atoms with Gasteiger partial charge in [-0.05, 0) is 45.6 Å². The highest BCUT2D eigenvalue weighted by molar-refractivity contribution is 5.94. The minimum Gasteiger partial charge on any atom is -0.458 e. The van der Waals surface area contributed by atoms with E-state index in [-0.39, 0.29) is 24.1 Å². The molecule has 0 saturated heterocycles. The summed E-state index contributed by atoms with van der Waals surface area (Å²) in [4.78, 5) is 24.5. The van der Waals surface area contributed by atoms with Gasteiger partial charge >= 0.3 is 12.1 Å². The van der Waals surface area contributed by atoms with Crippen LogP contribution >= 0.6 is 0 Å². The zero-order valence-corrected chi connectivity index (χ0v) is 15.5. The van der Waals surface area contributed by atoms with Crippen molar-refractivity contribution < 1.29 is 19.1 Å². The third kappa shape index (κ3) is 3.28. The maximum absolute atomic E-state index is 12.9. The summed E-state index contributed by atoms with van der Waals surface area (Å²) in [5, 5.41) is 0.946. The number of esters is 1. The Balaban J connectivity index is 2.23. The number of fused-ring (bicyclic) bond motifs is 3. The average Bonchev–Trinajstić information content (AvgIpc) is 2.84. The van der Waals surface area contributed by atoms with Crippen LogP contribution in [0.25, 0.3) is 10.9 Å². The summed E-state index contributed by atoms with van der Waals surface area (Å²) in [6.45, 7) is 9.09. The van der Waals surface area contributed by atoms with Crippen LogP contribution in [0.15, 0.2) is 24.3 Å². The van der Waals surface area contributed by atoms with Crippen molar-refractivity contribution in [2.75, 3.05) is 0 Å². The normalized spacial score (nSPS) is 20.2. The molecular formula is C20H25NO4. The lowest BCUT2D eigenvalue weighted by molar-refractivity contribution is -0.147. The Morgan fingerprint density at radius 2 is 1.84 bits per heavy atom. The lowest BCUT2D eigenvalue weighted by atomic mass is 9.85. The Hall–Kier alpha value is -2.30. The molecule has 1 aromatic carbocycles. The monoisotopic (exact) mass is 343 g/mol. The van der Waals surface area contributed by atoms with Crippen molar-refractivity contribution in [3.63, 3.8) is 0 Å². The van der Waals surface area contributed by atoms with Crippen LogP contribution in [-0.2, 0) is 14.3 Å². The number of hydrogen-bond acceptors (Lipinski definition) is 4. The Labute approximate surface area is 147 Å². The number of rotatable bonds is 1. The fraction of sp³-hybridized carbons (Fsp3) is 0.500. The largest absolute Gasteiger partial charge is 0.458 e. The number of para-hydroxylation sites is 1. The van der Waals surface area contributed by atoms with Crippen LogP contribution in [0, 0.1) is 0 Å². The quantitative estimate of drug-likeness (QED) is 0.689. The van der Waals surface area contributed by atoms with Gasteiger partial charge in [0, 0.05) is 23.6 Å². The molecule has 0 fully saturated rings. The Kier molecular flexibility index (Phi) is 4.35. The van der Waals surface area contributed by atoms with Crippen LogP contribution in [0.5, 0.6) is 0 Å². The van der Waals surface area contributed by atoms with E-state index in [1.165, 1.54) is 6.92 Å². The van der Waals surface area contributed by atoms with Gasteiger partial charge < -0.3 is 9.47 Å². The summed E-state index contributed by atoms with van der Waals surface area (Å²) in [5.74, 6) is -0.124. The van der Waals surface area contributed by atoms with Crippen molar-refractivity contribution in [2.24, 2.45) is 0 Å². The van der Waals surface area contributed by atoms with Crippen molar-refractivity contribution in [2.45, 2.75) is 65.1 Å². The van der Waals surface area contributed by atoms with Gasteiger partial charge in [0.25, 0.3) is 0 Å². The fourth-order valence-electron chi connectivity index (χ4n) is 3.61. The highest BCUT2D eigenvalue weighted by atomic mass is 16.6. The maximum atomic E-state index is 12.9. The molecule has 5 nitrogen and oxygen atoms in total. The average molecular weight is 343 g/mol. The van der Waals surface area contributed by atoms with E-state index in [2.05, 4.69) is 6.92 Å². The molecule has 5 heteroatoms. The molecule has 1 heterocycles. The van der Waals surface area contributed by atoms with E-state index >= 15 is 0 Å². The molecule has 0 aliphatic heterocycles. The Morgan fingerprint density at radius 3 is 2.48 bits per heavy atom. The first kappa shape index (κ1) is 17.5. The van der Waals surface area contributed by atoms with E-state index in [0.717, 1.165) is 35.0 Å². The van der Waals surface area contributed by atoms with Crippen molar-refractivity contribution in [3.05, 3.63) is 35.5 Å². The molecule has 2 atom stereocenters. The Morgan fingerprint density at radius 1 is 1.16 bits per heavy atom. The summed E-state index contributed by atoms with van der Waals surface area (Å²) in [5.41, 5.74) is 2.05. The van der Waals surface area contributed by atoms with E-state index in [4.69, 9.17) is 9.47 Å². The predicted molar refractivity (Wildman–Crippen MR) is 95.7 cm³/mol. The third-order valence-corrected chi connectivity index (χ3v) is 4.49. The summed E-state index contributed by atoms with van der Waals surface area (Å²) in [6.07, 6.45) is 0.901. The molecular weight excluding hydrogens is 318 g/mol. The molecule has 0 amide bonds.